The molecule has 2 aromatic heterocycles. The van der Waals surface area contributed by atoms with Crippen LogP contribution in [-0.2, 0) is 22.4 Å². The van der Waals surface area contributed by atoms with Crippen LogP contribution in [0.25, 0.3) is 22.3 Å². The number of nitrogens with zero attached hydrogens (tertiary/aromatic N) is 1. The summed E-state index contributed by atoms with van der Waals surface area (Å²) in [7, 11) is 0. The van der Waals surface area contributed by atoms with E-state index in [0.29, 0.717) is 30.9 Å². The van der Waals surface area contributed by atoms with Gasteiger partial charge in [-0.3, -0.25) is 4.79 Å². The number of imidazole rings is 1. The van der Waals surface area contributed by atoms with Gasteiger partial charge in [0.1, 0.15) is 23.1 Å². The average molecular weight is 548 g/mol. The van der Waals surface area contributed by atoms with Crippen molar-refractivity contribution in [3.63, 3.8) is 0 Å². The maximum Gasteiger partial charge on any atom is 0.310 e. The average Bonchev–Trinajstić information content (AvgIpc) is 3.62. The molecule has 0 bridgehead atoms. The Labute approximate surface area is 226 Å². The minimum atomic E-state index is -0.887. The Kier molecular flexibility index (Phi) is 6.67. The summed E-state index contributed by atoms with van der Waals surface area (Å²) in [6.07, 6.45) is 3.86. The number of ether oxygens (including phenoxy) is 3. The van der Waals surface area contributed by atoms with E-state index in [1.54, 1.807) is 13.1 Å². The quantitative estimate of drug-likeness (QED) is 0.224. The number of fused-ring (bicyclic) bond motifs is 2. The van der Waals surface area contributed by atoms with Crippen LogP contribution in [-0.4, -0.2) is 34.1 Å². The molecule has 0 unspecified atom stereocenters. The van der Waals surface area contributed by atoms with E-state index < -0.39 is 23.2 Å². The predicted octanol–water partition coefficient (Wildman–Crippen LogP) is 6.59. The number of nitrogens with one attached hydrogen (secondary N) is 2. The minimum Gasteiger partial charge on any atom is -0.492 e. The fourth-order valence-corrected chi connectivity index (χ4v) is 4.95. The topological polar surface area (TPSA) is 89.2 Å². The first kappa shape index (κ1) is 25.5. The van der Waals surface area contributed by atoms with Crippen LogP contribution in [0.3, 0.4) is 0 Å². The number of hydrogen-bond donors (Lipinski definition) is 2. The van der Waals surface area contributed by atoms with Crippen molar-refractivity contribution >= 4 is 16.9 Å². The van der Waals surface area contributed by atoms with Crippen molar-refractivity contribution in [1.29, 1.82) is 0 Å². The molecule has 204 valence electrons. The molecular formula is C30H24F3N3O4. The second-order valence-electron chi connectivity index (χ2n) is 9.47. The molecule has 0 amide bonds. The number of H-pyrrole nitrogens is 2. The standard InChI is InChI=1S/C30H24F3N3O4/c1-2-38-26(37)11-17-5-3-4-16-10-18(15-39-28(16)17)25-14-35-30(36-25)21-12-19(6-7-22(21)31)40-29-23(32)13-24-20(27(29)33)8-9-34-24/h3-9,12-14,18,34H,2,10-11,15H2,1H3,(H,35,36)/t18-/m0/s1. The number of esters is 1. The number of carbonyl (C=O) groups is 1. The largest absolute Gasteiger partial charge is 0.492 e. The SMILES string of the molecule is CCOC(=O)Cc1cccc2c1OC[C@@H](c1cnc(-c3cc(Oc4c(F)cc5[nH]ccc5c4F)ccc3F)[nH]1)C2. The highest BCUT2D eigenvalue weighted by atomic mass is 19.1. The van der Waals surface area contributed by atoms with Crippen LogP contribution in [0, 0.1) is 17.5 Å². The molecule has 0 fully saturated rings. The normalized spacial score (nSPS) is 14.6. The first-order chi connectivity index (χ1) is 19.4. The molecule has 1 aliphatic heterocycles. The number of carbonyl (C=O) groups excluding carboxylic acids is 1. The maximum absolute atomic E-state index is 14.9. The number of aromatic amines is 2. The second kappa shape index (κ2) is 10.4. The molecule has 5 aromatic rings. The van der Waals surface area contributed by atoms with Crippen LogP contribution in [0.15, 0.2) is 60.9 Å². The number of aromatic nitrogens is 3. The van der Waals surface area contributed by atoms with E-state index in [2.05, 4.69) is 15.0 Å². The second-order valence-corrected chi connectivity index (χ2v) is 9.47. The van der Waals surface area contributed by atoms with Gasteiger partial charge in [0, 0.05) is 41.0 Å². The Balaban J connectivity index is 1.23. The highest BCUT2D eigenvalue weighted by molar-refractivity contribution is 5.82. The zero-order chi connectivity index (χ0) is 27.8. The summed E-state index contributed by atoms with van der Waals surface area (Å²) in [4.78, 5) is 22.2. The molecule has 3 aromatic carbocycles. The van der Waals surface area contributed by atoms with Crippen LogP contribution in [0.4, 0.5) is 13.2 Å². The Hall–Kier alpha value is -4.73. The van der Waals surface area contributed by atoms with E-state index in [1.807, 2.05) is 18.2 Å². The molecule has 0 saturated carbocycles. The van der Waals surface area contributed by atoms with Gasteiger partial charge < -0.3 is 24.2 Å². The molecule has 3 heterocycles. The third kappa shape index (κ3) is 4.76. The van der Waals surface area contributed by atoms with Crippen molar-refractivity contribution in [2.24, 2.45) is 0 Å². The molecule has 0 radical (unpaired) electrons. The lowest BCUT2D eigenvalue weighted by molar-refractivity contribution is -0.142. The number of para-hydroxylation sites is 1. The summed E-state index contributed by atoms with van der Waals surface area (Å²) in [6.45, 7) is 2.41. The number of hydrogen-bond acceptors (Lipinski definition) is 5. The van der Waals surface area contributed by atoms with Gasteiger partial charge in [0.05, 0.1) is 30.7 Å². The molecule has 0 saturated heterocycles. The molecule has 6 rings (SSSR count). The third-order valence-electron chi connectivity index (χ3n) is 6.86. The van der Waals surface area contributed by atoms with E-state index in [0.717, 1.165) is 29.0 Å². The summed E-state index contributed by atoms with van der Waals surface area (Å²) < 4.78 is 60.9. The maximum atomic E-state index is 14.9. The Morgan fingerprint density at radius 1 is 1.12 bits per heavy atom. The Morgan fingerprint density at radius 3 is 2.85 bits per heavy atom. The molecule has 1 aliphatic rings. The minimum absolute atomic E-state index is 0.0473. The van der Waals surface area contributed by atoms with Crippen molar-refractivity contribution in [2.75, 3.05) is 13.2 Å². The van der Waals surface area contributed by atoms with Crippen molar-refractivity contribution < 1.29 is 32.2 Å². The first-order valence-electron chi connectivity index (χ1n) is 12.8. The van der Waals surface area contributed by atoms with Crippen LogP contribution in [0.1, 0.15) is 29.7 Å². The van der Waals surface area contributed by atoms with Gasteiger partial charge in [0.2, 0.25) is 0 Å². The number of rotatable bonds is 7. The fourth-order valence-electron chi connectivity index (χ4n) is 4.95. The fraction of sp³-hybridized carbons (Fsp3) is 0.200. The van der Waals surface area contributed by atoms with Gasteiger partial charge in [-0.05, 0) is 43.2 Å². The van der Waals surface area contributed by atoms with Crippen LogP contribution in [0.2, 0.25) is 0 Å². The van der Waals surface area contributed by atoms with Gasteiger partial charge in [0.15, 0.2) is 17.4 Å². The molecule has 0 aliphatic carbocycles. The van der Waals surface area contributed by atoms with Crippen molar-refractivity contribution in [3.8, 4) is 28.6 Å². The molecule has 0 spiro atoms. The summed E-state index contributed by atoms with van der Waals surface area (Å²) in [6, 6.07) is 12.1. The zero-order valence-corrected chi connectivity index (χ0v) is 21.4. The third-order valence-corrected chi connectivity index (χ3v) is 6.86. The molecule has 40 heavy (non-hydrogen) atoms. The summed E-state index contributed by atoms with van der Waals surface area (Å²) in [5.41, 5.74) is 2.83. The summed E-state index contributed by atoms with van der Waals surface area (Å²) in [5, 5.41) is 0.179. The Bertz CT molecular complexity index is 1730. The van der Waals surface area contributed by atoms with Crippen molar-refractivity contribution in [3.05, 3.63) is 95.2 Å². The van der Waals surface area contributed by atoms with Gasteiger partial charge in [-0.25, -0.2) is 18.2 Å². The van der Waals surface area contributed by atoms with Gasteiger partial charge in [-0.2, -0.15) is 0 Å². The van der Waals surface area contributed by atoms with E-state index in [9.17, 15) is 18.0 Å². The molecule has 1 atom stereocenters. The lowest BCUT2D eigenvalue weighted by atomic mass is 9.92. The van der Waals surface area contributed by atoms with E-state index in [-0.39, 0.29) is 40.8 Å². The first-order valence-corrected chi connectivity index (χ1v) is 12.8. The number of benzene rings is 3. The van der Waals surface area contributed by atoms with Crippen molar-refractivity contribution in [1.82, 2.24) is 15.0 Å². The van der Waals surface area contributed by atoms with Crippen molar-refractivity contribution in [2.45, 2.75) is 25.7 Å². The zero-order valence-electron chi connectivity index (χ0n) is 21.4. The predicted molar refractivity (Wildman–Crippen MR) is 141 cm³/mol. The molecule has 10 heteroatoms. The summed E-state index contributed by atoms with van der Waals surface area (Å²) in [5.74, 6) is -2.34. The van der Waals surface area contributed by atoms with Crippen LogP contribution >= 0.6 is 0 Å². The Morgan fingerprint density at radius 2 is 2.00 bits per heavy atom. The van der Waals surface area contributed by atoms with E-state index >= 15 is 0 Å². The van der Waals surface area contributed by atoms with Crippen LogP contribution < -0.4 is 9.47 Å². The molecule has 2 N–H and O–H groups in total. The van der Waals surface area contributed by atoms with E-state index in [4.69, 9.17) is 14.2 Å². The number of halogens is 3. The van der Waals surface area contributed by atoms with Gasteiger partial charge in [-0.15, -0.1) is 0 Å². The van der Waals surface area contributed by atoms with Gasteiger partial charge in [0.25, 0.3) is 0 Å². The lowest BCUT2D eigenvalue weighted by Crippen LogP contribution is -2.21. The molecule has 7 nitrogen and oxygen atoms in total. The lowest BCUT2D eigenvalue weighted by Gasteiger charge is -2.26. The van der Waals surface area contributed by atoms with Gasteiger partial charge >= 0.3 is 5.97 Å². The van der Waals surface area contributed by atoms with Gasteiger partial charge in [-0.1, -0.05) is 18.2 Å². The smallest absolute Gasteiger partial charge is 0.310 e. The van der Waals surface area contributed by atoms with E-state index in [1.165, 1.54) is 24.4 Å². The molecular weight excluding hydrogens is 523 g/mol. The monoisotopic (exact) mass is 547 g/mol. The highest BCUT2D eigenvalue weighted by Crippen LogP contribution is 2.37. The van der Waals surface area contributed by atoms with Crippen LogP contribution in [0.5, 0.6) is 17.2 Å². The highest BCUT2D eigenvalue weighted by Gasteiger charge is 2.26. The summed E-state index contributed by atoms with van der Waals surface area (Å²) >= 11 is 0.